The maximum absolute atomic E-state index is 11.5. The first-order valence-corrected chi connectivity index (χ1v) is 6.50. The largest absolute Gasteiger partial charge is 0.365 e. The number of nitrogens with two attached hydrogens (primary N) is 1. The standard InChI is InChI=1S/C17H14N2O/c18-17(20)15-10-14-8-4-5-9-16(14)19(12-15)11-13-6-2-1-3-7-13/h1-10,12H,11H2,(H-,18,20)/p+1. The van der Waals surface area contributed by atoms with Gasteiger partial charge in [-0.2, -0.15) is 4.57 Å². The summed E-state index contributed by atoms with van der Waals surface area (Å²) in [6, 6.07) is 20.0. The number of benzene rings is 2. The average Bonchev–Trinajstić information content (AvgIpc) is 2.48. The van der Waals surface area contributed by atoms with Crippen molar-refractivity contribution in [1.29, 1.82) is 0 Å². The summed E-state index contributed by atoms with van der Waals surface area (Å²) in [6.07, 6.45) is 1.82. The van der Waals surface area contributed by atoms with Crippen molar-refractivity contribution in [1.82, 2.24) is 0 Å². The van der Waals surface area contributed by atoms with Crippen molar-refractivity contribution in [3.8, 4) is 0 Å². The first kappa shape index (κ1) is 12.4. The smallest absolute Gasteiger partial charge is 0.254 e. The fourth-order valence-electron chi connectivity index (χ4n) is 2.36. The Morgan fingerprint density at radius 2 is 1.70 bits per heavy atom. The van der Waals surface area contributed by atoms with Crippen molar-refractivity contribution in [2.45, 2.75) is 6.54 Å². The van der Waals surface area contributed by atoms with E-state index in [-0.39, 0.29) is 0 Å². The molecule has 3 rings (SSSR count). The van der Waals surface area contributed by atoms with Crippen LogP contribution in [-0.4, -0.2) is 5.91 Å². The summed E-state index contributed by atoms with van der Waals surface area (Å²) >= 11 is 0. The van der Waals surface area contributed by atoms with E-state index in [1.165, 1.54) is 5.56 Å². The van der Waals surface area contributed by atoms with E-state index >= 15 is 0 Å². The second-order valence-corrected chi connectivity index (χ2v) is 4.77. The fourth-order valence-corrected chi connectivity index (χ4v) is 2.36. The van der Waals surface area contributed by atoms with Crippen LogP contribution in [0.15, 0.2) is 66.9 Å². The topological polar surface area (TPSA) is 47.0 Å². The third-order valence-corrected chi connectivity index (χ3v) is 3.33. The zero-order valence-electron chi connectivity index (χ0n) is 11.0. The van der Waals surface area contributed by atoms with Crippen molar-refractivity contribution < 1.29 is 9.36 Å². The minimum absolute atomic E-state index is 0.405. The van der Waals surface area contributed by atoms with Gasteiger partial charge in [0.05, 0.1) is 0 Å². The summed E-state index contributed by atoms with van der Waals surface area (Å²) in [5.41, 5.74) is 8.21. The monoisotopic (exact) mass is 263 g/mol. The summed E-state index contributed by atoms with van der Waals surface area (Å²) in [5, 5.41) is 1.01. The zero-order chi connectivity index (χ0) is 13.9. The number of rotatable bonds is 3. The van der Waals surface area contributed by atoms with E-state index in [0.29, 0.717) is 12.1 Å². The Labute approximate surface area is 117 Å². The first-order chi connectivity index (χ1) is 9.74. The molecular formula is C17H15N2O+. The van der Waals surface area contributed by atoms with Crippen molar-refractivity contribution in [3.05, 3.63) is 78.0 Å². The minimum atomic E-state index is -0.405. The number of pyridine rings is 1. The Kier molecular flexibility index (Phi) is 3.17. The number of hydrogen-bond donors (Lipinski definition) is 1. The number of nitrogens with zero attached hydrogens (tertiary/aromatic N) is 1. The van der Waals surface area contributed by atoms with E-state index in [2.05, 4.69) is 16.7 Å². The summed E-state index contributed by atoms with van der Waals surface area (Å²) in [6.45, 7) is 0.711. The lowest BCUT2D eigenvalue weighted by atomic mass is 10.1. The molecule has 3 aromatic rings. The number of aromatic nitrogens is 1. The highest BCUT2D eigenvalue weighted by Gasteiger charge is 2.14. The molecule has 0 aliphatic rings. The molecule has 0 radical (unpaired) electrons. The second kappa shape index (κ2) is 5.13. The number of primary amides is 1. The van der Waals surface area contributed by atoms with E-state index in [9.17, 15) is 4.79 Å². The van der Waals surface area contributed by atoms with Crippen LogP contribution in [0.2, 0.25) is 0 Å². The molecule has 0 spiro atoms. The van der Waals surface area contributed by atoms with Gasteiger partial charge in [0.25, 0.3) is 5.91 Å². The van der Waals surface area contributed by atoms with E-state index in [1.54, 1.807) is 0 Å². The molecule has 3 nitrogen and oxygen atoms in total. The van der Waals surface area contributed by atoms with Gasteiger partial charge in [-0.15, -0.1) is 0 Å². The van der Waals surface area contributed by atoms with Gasteiger partial charge in [0, 0.05) is 17.0 Å². The van der Waals surface area contributed by atoms with E-state index in [4.69, 9.17) is 5.73 Å². The second-order valence-electron chi connectivity index (χ2n) is 4.77. The number of carbonyl (C=O) groups excluding carboxylic acids is 1. The predicted octanol–water partition coefficient (Wildman–Crippen LogP) is 2.27. The Morgan fingerprint density at radius 3 is 2.45 bits per heavy atom. The maximum Gasteiger partial charge on any atom is 0.254 e. The highest BCUT2D eigenvalue weighted by atomic mass is 16.1. The molecule has 3 heteroatoms. The van der Waals surface area contributed by atoms with E-state index in [0.717, 1.165) is 10.9 Å². The van der Waals surface area contributed by atoms with Gasteiger partial charge in [-0.1, -0.05) is 42.5 Å². The summed E-state index contributed by atoms with van der Waals surface area (Å²) in [4.78, 5) is 11.5. The third kappa shape index (κ3) is 2.38. The van der Waals surface area contributed by atoms with Crippen molar-refractivity contribution in [2.24, 2.45) is 5.73 Å². The van der Waals surface area contributed by atoms with Gasteiger partial charge in [-0.3, -0.25) is 4.79 Å². The molecule has 1 heterocycles. The Bertz CT molecular complexity index is 766. The number of hydrogen-bond acceptors (Lipinski definition) is 1. The van der Waals surface area contributed by atoms with E-state index in [1.807, 2.05) is 54.7 Å². The Morgan fingerprint density at radius 1 is 1.00 bits per heavy atom. The molecule has 0 aliphatic heterocycles. The molecule has 0 bridgehead atoms. The fraction of sp³-hybridized carbons (Fsp3) is 0.0588. The summed E-state index contributed by atoms with van der Waals surface area (Å²) < 4.78 is 2.06. The van der Waals surface area contributed by atoms with Crippen LogP contribution in [0.25, 0.3) is 10.9 Å². The average molecular weight is 263 g/mol. The molecule has 0 unspecified atom stereocenters. The SMILES string of the molecule is NC(=O)c1cc2ccccc2[n+](Cc2ccccc2)c1. The van der Waals surface area contributed by atoms with Crippen molar-refractivity contribution in [2.75, 3.05) is 0 Å². The molecule has 2 N–H and O–H groups in total. The third-order valence-electron chi connectivity index (χ3n) is 3.33. The molecule has 1 aromatic heterocycles. The quantitative estimate of drug-likeness (QED) is 0.724. The van der Waals surface area contributed by atoms with Gasteiger partial charge < -0.3 is 5.73 Å². The van der Waals surface area contributed by atoms with Crippen LogP contribution in [0, 0.1) is 0 Å². The number of fused-ring (bicyclic) bond motifs is 1. The van der Waals surface area contributed by atoms with Gasteiger partial charge in [0.2, 0.25) is 5.52 Å². The number of carbonyl (C=O) groups is 1. The highest BCUT2D eigenvalue weighted by molar-refractivity contribution is 5.95. The zero-order valence-corrected chi connectivity index (χ0v) is 11.0. The van der Waals surface area contributed by atoms with Gasteiger partial charge in [0.1, 0.15) is 5.56 Å². The van der Waals surface area contributed by atoms with Crippen LogP contribution in [0.1, 0.15) is 15.9 Å². The molecular weight excluding hydrogens is 248 g/mol. The molecule has 98 valence electrons. The van der Waals surface area contributed by atoms with Gasteiger partial charge in [0.15, 0.2) is 12.7 Å². The normalized spacial score (nSPS) is 10.6. The summed E-state index contributed by atoms with van der Waals surface area (Å²) in [5.74, 6) is -0.405. The minimum Gasteiger partial charge on any atom is -0.365 e. The Balaban J connectivity index is 2.15. The Hall–Kier alpha value is -2.68. The molecule has 0 fully saturated rings. The van der Waals surface area contributed by atoms with Gasteiger partial charge in [-0.05, 0) is 12.1 Å². The molecule has 0 saturated heterocycles. The lowest BCUT2D eigenvalue weighted by Gasteiger charge is -2.04. The summed E-state index contributed by atoms with van der Waals surface area (Å²) in [7, 11) is 0. The molecule has 1 amide bonds. The maximum atomic E-state index is 11.5. The number of para-hydroxylation sites is 1. The lowest BCUT2D eigenvalue weighted by Crippen LogP contribution is -2.36. The lowest BCUT2D eigenvalue weighted by molar-refractivity contribution is -0.662. The molecule has 0 saturated carbocycles. The molecule has 0 atom stereocenters. The molecule has 2 aromatic carbocycles. The molecule has 20 heavy (non-hydrogen) atoms. The van der Waals surface area contributed by atoms with Crippen LogP contribution < -0.4 is 10.3 Å². The first-order valence-electron chi connectivity index (χ1n) is 6.50. The number of amides is 1. The van der Waals surface area contributed by atoms with E-state index < -0.39 is 5.91 Å². The van der Waals surface area contributed by atoms with Crippen molar-refractivity contribution in [3.63, 3.8) is 0 Å². The van der Waals surface area contributed by atoms with Gasteiger partial charge in [-0.25, -0.2) is 0 Å². The van der Waals surface area contributed by atoms with Crippen LogP contribution in [0.5, 0.6) is 0 Å². The van der Waals surface area contributed by atoms with Crippen LogP contribution in [0.4, 0.5) is 0 Å². The van der Waals surface area contributed by atoms with Gasteiger partial charge >= 0.3 is 0 Å². The van der Waals surface area contributed by atoms with Crippen LogP contribution in [0.3, 0.4) is 0 Å². The highest BCUT2D eigenvalue weighted by Crippen LogP contribution is 2.12. The predicted molar refractivity (Wildman–Crippen MR) is 78.2 cm³/mol. The van der Waals surface area contributed by atoms with Crippen LogP contribution in [-0.2, 0) is 6.54 Å². The van der Waals surface area contributed by atoms with Crippen LogP contribution >= 0.6 is 0 Å². The van der Waals surface area contributed by atoms with Crippen molar-refractivity contribution >= 4 is 16.8 Å². The molecule has 0 aliphatic carbocycles.